The number of hydrogen-bond donors (Lipinski definition) is 2. The van der Waals surface area contributed by atoms with Crippen LogP contribution in [0.25, 0.3) is 0 Å². The first-order chi connectivity index (χ1) is 10.4. The lowest BCUT2D eigenvalue weighted by Gasteiger charge is -2.06. The molecule has 1 aromatic heterocycles. The minimum absolute atomic E-state index is 0.00102. The fraction of sp³-hybridized carbons (Fsp3) is 0.154. The van der Waals surface area contributed by atoms with Gasteiger partial charge < -0.3 is 9.84 Å². The quantitative estimate of drug-likeness (QED) is 0.574. The third-order valence-corrected chi connectivity index (χ3v) is 3.83. The fourth-order valence-corrected chi connectivity index (χ4v) is 2.67. The molecule has 2 N–H and O–H groups in total. The Morgan fingerprint density at radius 2 is 2.18 bits per heavy atom. The Labute approximate surface area is 143 Å². The highest BCUT2D eigenvalue weighted by molar-refractivity contribution is 9.10. The predicted octanol–water partition coefficient (Wildman–Crippen LogP) is 2.42. The van der Waals surface area contributed by atoms with Crippen LogP contribution < -0.4 is 10.2 Å². The monoisotopic (exact) mass is 430 g/mol. The van der Waals surface area contributed by atoms with Crippen molar-refractivity contribution in [3.63, 3.8) is 0 Å². The average molecular weight is 432 g/mol. The number of carbonyl (C=O) groups is 1. The molecule has 2 aromatic rings. The lowest BCUT2D eigenvalue weighted by atomic mass is 10.2. The summed E-state index contributed by atoms with van der Waals surface area (Å²) in [7, 11) is 3.16. The van der Waals surface area contributed by atoms with Crippen LogP contribution in [0.5, 0.6) is 11.5 Å². The molecule has 22 heavy (non-hydrogen) atoms. The van der Waals surface area contributed by atoms with E-state index in [0.717, 1.165) is 0 Å². The second-order valence-corrected chi connectivity index (χ2v) is 5.96. The summed E-state index contributed by atoms with van der Waals surface area (Å²) in [5.41, 5.74) is 3.26. The van der Waals surface area contributed by atoms with Crippen LogP contribution in [-0.4, -0.2) is 34.1 Å². The number of aromatic nitrogens is 2. The minimum Gasteiger partial charge on any atom is -0.503 e. The molecule has 0 saturated heterocycles. The van der Waals surface area contributed by atoms with Gasteiger partial charge in [-0.3, -0.25) is 9.48 Å². The summed E-state index contributed by atoms with van der Waals surface area (Å²) >= 11 is 6.45. The van der Waals surface area contributed by atoms with Crippen LogP contribution in [0.2, 0.25) is 0 Å². The van der Waals surface area contributed by atoms with Crippen molar-refractivity contribution in [1.82, 2.24) is 15.2 Å². The summed E-state index contributed by atoms with van der Waals surface area (Å²) in [6.07, 6.45) is 3.10. The van der Waals surface area contributed by atoms with Gasteiger partial charge in [0.05, 0.1) is 22.3 Å². The van der Waals surface area contributed by atoms with Crippen LogP contribution in [0.1, 0.15) is 16.1 Å². The zero-order chi connectivity index (χ0) is 16.3. The number of amides is 1. The summed E-state index contributed by atoms with van der Waals surface area (Å²) in [5, 5.41) is 17.6. The van der Waals surface area contributed by atoms with Gasteiger partial charge >= 0.3 is 0 Å². The fourth-order valence-electron chi connectivity index (χ4n) is 1.66. The number of phenolic OH excluding ortho intramolecular Hbond substituents is 1. The van der Waals surface area contributed by atoms with E-state index < -0.39 is 5.91 Å². The molecule has 9 heteroatoms. The van der Waals surface area contributed by atoms with Crippen LogP contribution >= 0.6 is 31.9 Å². The average Bonchev–Trinajstić information content (AvgIpc) is 2.81. The summed E-state index contributed by atoms with van der Waals surface area (Å²) < 4.78 is 7.60. The van der Waals surface area contributed by atoms with Crippen molar-refractivity contribution in [2.24, 2.45) is 12.1 Å². The number of benzene rings is 1. The summed E-state index contributed by atoms with van der Waals surface area (Å²) in [5.74, 6) is -0.135. The molecule has 0 fully saturated rings. The molecule has 0 radical (unpaired) electrons. The number of nitrogens with one attached hydrogen (secondary N) is 1. The van der Waals surface area contributed by atoms with Crippen molar-refractivity contribution in [2.45, 2.75) is 0 Å². The van der Waals surface area contributed by atoms with Gasteiger partial charge in [-0.05, 0) is 49.6 Å². The molecule has 0 spiro atoms. The SMILES string of the molecule is COc1cc(/C=N/NC(=O)c2nn(C)cc2Br)cc(Br)c1O. The van der Waals surface area contributed by atoms with E-state index in [1.165, 1.54) is 18.0 Å². The predicted molar refractivity (Wildman–Crippen MR) is 88.3 cm³/mol. The van der Waals surface area contributed by atoms with E-state index in [1.807, 2.05) is 0 Å². The van der Waals surface area contributed by atoms with Gasteiger partial charge in [0.15, 0.2) is 17.2 Å². The molecule has 1 amide bonds. The third-order valence-electron chi connectivity index (χ3n) is 2.65. The van der Waals surface area contributed by atoms with Crippen LogP contribution in [-0.2, 0) is 7.05 Å². The number of aromatic hydroxyl groups is 1. The highest BCUT2D eigenvalue weighted by atomic mass is 79.9. The summed E-state index contributed by atoms with van der Waals surface area (Å²) in [6.45, 7) is 0. The van der Waals surface area contributed by atoms with E-state index in [-0.39, 0.29) is 11.4 Å². The first-order valence-corrected chi connectivity index (χ1v) is 7.60. The maximum Gasteiger partial charge on any atom is 0.293 e. The molecular weight excluding hydrogens is 420 g/mol. The summed E-state index contributed by atoms with van der Waals surface area (Å²) in [6, 6.07) is 3.23. The maximum absolute atomic E-state index is 11.9. The zero-order valence-corrected chi connectivity index (χ0v) is 14.8. The molecule has 0 aliphatic heterocycles. The van der Waals surface area contributed by atoms with Crippen molar-refractivity contribution in [1.29, 1.82) is 0 Å². The van der Waals surface area contributed by atoms with Gasteiger partial charge in [-0.25, -0.2) is 5.43 Å². The Bertz CT molecular complexity index is 743. The number of aryl methyl sites for hydroxylation is 1. The molecule has 116 valence electrons. The van der Waals surface area contributed by atoms with Gasteiger partial charge in [0.25, 0.3) is 5.91 Å². The Kier molecular flexibility index (Phi) is 5.19. The molecule has 0 saturated carbocycles. The molecule has 2 rings (SSSR count). The normalized spacial score (nSPS) is 10.9. The standard InChI is InChI=1S/C13H12Br2N4O3/c1-19-6-9(15)11(18-19)13(21)17-16-5-7-3-8(14)12(20)10(4-7)22-2/h3-6,20H,1-2H3,(H,17,21)/b16-5+. The van der Waals surface area contributed by atoms with E-state index in [4.69, 9.17) is 4.74 Å². The highest BCUT2D eigenvalue weighted by Gasteiger charge is 2.13. The van der Waals surface area contributed by atoms with Gasteiger partial charge in [0.2, 0.25) is 0 Å². The van der Waals surface area contributed by atoms with Crippen LogP contribution in [0.4, 0.5) is 0 Å². The molecule has 0 atom stereocenters. The number of phenols is 1. The number of methoxy groups -OCH3 is 1. The number of rotatable bonds is 4. The van der Waals surface area contributed by atoms with Gasteiger partial charge in [-0.15, -0.1) is 0 Å². The largest absolute Gasteiger partial charge is 0.503 e. The third kappa shape index (κ3) is 3.66. The van der Waals surface area contributed by atoms with E-state index in [0.29, 0.717) is 20.3 Å². The van der Waals surface area contributed by atoms with Gasteiger partial charge in [0.1, 0.15) is 0 Å². The molecule has 0 aliphatic rings. The van der Waals surface area contributed by atoms with E-state index in [2.05, 4.69) is 47.5 Å². The lowest BCUT2D eigenvalue weighted by molar-refractivity contribution is 0.0948. The maximum atomic E-state index is 11.9. The second kappa shape index (κ2) is 6.93. The van der Waals surface area contributed by atoms with Gasteiger partial charge in [-0.2, -0.15) is 10.2 Å². The lowest BCUT2D eigenvalue weighted by Crippen LogP contribution is -2.19. The molecular formula is C13H12Br2N4O3. The molecule has 1 heterocycles. The molecule has 1 aromatic carbocycles. The molecule has 7 nitrogen and oxygen atoms in total. The van der Waals surface area contributed by atoms with Gasteiger partial charge in [-0.1, -0.05) is 0 Å². The highest BCUT2D eigenvalue weighted by Crippen LogP contribution is 2.34. The van der Waals surface area contributed by atoms with Gasteiger partial charge in [0, 0.05) is 13.2 Å². The number of hydrogen-bond acceptors (Lipinski definition) is 5. The molecule has 0 unspecified atom stereocenters. The van der Waals surface area contributed by atoms with Crippen molar-refractivity contribution in [3.8, 4) is 11.5 Å². The Hall–Kier alpha value is -1.87. The number of hydrazone groups is 1. The number of nitrogens with zero attached hydrogens (tertiary/aromatic N) is 3. The van der Waals surface area contributed by atoms with Crippen LogP contribution in [0.15, 0.2) is 32.4 Å². The Morgan fingerprint density at radius 1 is 1.45 bits per heavy atom. The summed E-state index contributed by atoms with van der Waals surface area (Å²) in [4.78, 5) is 11.9. The number of carbonyl (C=O) groups excluding carboxylic acids is 1. The minimum atomic E-state index is -0.437. The number of ether oxygens (including phenoxy) is 1. The van der Waals surface area contributed by atoms with Crippen molar-refractivity contribution in [3.05, 3.63) is 38.5 Å². The first kappa shape index (κ1) is 16.5. The van der Waals surface area contributed by atoms with E-state index in [1.54, 1.807) is 25.4 Å². The van der Waals surface area contributed by atoms with E-state index >= 15 is 0 Å². The van der Waals surface area contributed by atoms with Crippen molar-refractivity contribution in [2.75, 3.05) is 7.11 Å². The van der Waals surface area contributed by atoms with Crippen molar-refractivity contribution >= 4 is 44.0 Å². The topological polar surface area (TPSA) is 88.7 Å². The van der Waals surface area contributed by atoms with Crippen LogP contribution in [0, 0.1) is 0 Å². The molecule has 0 bridgehead atoms. The second-order valence-electron chi connectivity index (χ2n) is 4.25. The number of halogens is 2. The van der Waals surface area contributed by atoms with Crippen LogP contribution in [0.3, 0.4) is 0 Å². The zero-order valence-electron chi connectivity index (χ0n) is 11.7. The molecule has 0 aliphatic carbocycles. The van der Waals surface area contributed by atoms with Crippen molar-refractivity contribution < 1.29 is 14.6 Å². The smallest absolute Gasteiger partial charge is 0.293 e. The first-order valence-electron chi connectivity index (χ1n) is 6.01. The Morgan fingerprint density at radius 3 is 2.77 bits per heavy atom. The van der Waals surface area contributed by atoms with E-state index in [9.17, 15) is 9.90 Å². The Balaban J connectivity index is 2.11.